The molecule has 0 bridgehead atoms. The van der Waals surface area contributed by atoms with Crippen molar-refractivity contribution < 1.29 is 20.2 Å². The van der Waals surface area contributed by atoms with E-state index in [0.717, 1.165) is 5.56 Å². The minimum absolute atomic E-state index is 0.0330. The number of methoxy groups -OCH3 is 1. The van der Waals surface area contributed by atoms with Crippen LogP contribution in [0.25, 0.3) is 17.0 Å². The van der Waals surface area contributed by atoms with Crippen molar-refractivity contribution in [3.63, 3.8) is 0 Å². The number of fused-ring (bicyclic) bond motifs is 1. The molecule has 0 saturated carbocycles. The highest BCUT2D eigenvalue weighted by molar-refractivity contribution is 6.04. The summed E-state index contributed by atoms with van der Waals surface area (Å²) in [5, 5.41) is 6.98. The number of rotatable bonds is 4. The Hall–Kier alpha value is -4.21. The highest BCUT2D eigenvalue weighted by atomic mass is 16.5. The van der Waals surface area contributed by atoms with E-state index in [4.69, 9.17) is 10.6 Å². The normalized spacial score (nSPS) is 14.2. The van der Waals surface area contributed by atoms with Crippen molar-refractivity contribution in [1.82, 2.24) is 24.4 Å². The summed E-state index contributed by atoms with van der Waals surface area (Å²) in [4.78, 5) is 34.7. The molecule has 10 nitrogen and oxygen atoms in total. The fourth-order valence-electron chi connectivity index (χ4n) is 3.56. The van der Waals surface area contributed by atoms with Crippen LogP contribution >= 0.6 is 0 Å². The SMILES string of the molecule is [2H]c1ccn2c(C(=O)Nc3cc(-c4noc(C5CN(C(=O)OC)C5)n4)ccc3C)cnc2c1. The van der Waals surface area contributed by atoms with Gasteiger partial charge in [0.1, 0.15) is 11.3 Å². The smallest absolute Gasteiger partial charge is 0.409 e. The minimum Gasteiger partial charge on any atom is -0.453 e. The van der Waals surface area contributed by atoms with Crippen LogP contribution in [0, 0.1) is 6.92 Å². The molecule has 0 spiro atoms. The number of nitrogens with one attached hydrogen (secondary N) is 1. The van der Waals surface area contributed by atoms with Crippen LogP contribution in [0.4, 0.5) is 10.5 Å². The predicted octanol–water partition coefficient (Wildman–Crippen LogP) is 3.11. The fourth-order valence-corrected chi connectivity index (χ4v) is 3.56. The summed E-state index contributed by atoms with van der Waals surface area (Å²) in [6.45, 7) is 2.81. The monoisotopic (exact) mass is 433 g/mol. The van der Waals surface area contributed by atoms with Crippen molar-refractivity contribution in [2.75, 3.05) is 25.5 Å². The molecule has 4 aromatic rings. The van der Waals surface area contributed by atoms with E-state index in [1.807, 2.05) is 19.1 Å². The van der Waals surface area contributed by atoms with E-state index in [1.54, 1.807) is 33.7 Å². The number of imidazole rings is 1. The molecule has 4 heterocycles. The Balaban J connectivity index is 1.34. The Labute approximate surface area is 184 Å². The Morgan fingerprint density at radius 3 is 2.97 bits per heavy atom. The van der Waals surface area contributed by atoms with Crippen molar-refractivity contribution in [1.29, 1.82) is 0 Å². The van der Waals surface area contributed by atoms with Gasteiger partial charge in [-0.15, -0.1) is 0 Å². The zero-order valence-electron chi connectivity index (χ0n) is 18.4. The molecular formula is C22H20N6O4. The third kappa shape index (κ3) is 3.45. The summed E-state index contributed by atoms with van der Waals surface area (Å²) < 4.78 is 19.4. The fraction of sp³-hybridized carbons (Fsp3) is 0.227. The molecule has 32 heavy (non-hydrogen) atoms. The van der Waals surface area contributed by atoms with Crippen LogP contribution in [0.1, 0.15) is 29.2 Å². The Bertz CT molecular complexity index is 1370. The van der Waals surface area contributed by atoms with E-state index in [-0.39, 0.29) is 17.9 Å². The van der Waals surface area contributed by atoms with Crippen molar-refractivity contribution >= 4 is 23.3 Å². The molecule has 162 valence electrons. The molecule has 1 fully saturated rings. The third-order valence-corrected chi connectivity index (χ3v) is 5.44. The van der Waals surface area contributed by atoms with Gasteiger partial charge in [0, 0.05) is 30.5 Å². The number of aromatic nitrogens is 4. The van der Waals surface area contributed by atoms with Crippen LogP contribution in [-0.4, -0.2) is 56.6 Å². The number of carbonyl (C=O) groups excluding carboxylic acids is 2. The Kier molecular flexibility index (Phi) is 4.52. The Morgan fingerprint density at radius 1 is 1.31 bits per heavy atom. The molecule has 5 rings (SSSR count). The maximum absolute atomic E-state index is 12.9. The lowest BCUT2D eigenvalue weighted by atomic mass is 10.0. The lowest BCUT2D eigenvalue weighted by Gasteiger charge is -2.35. The average Bonchev–Trinajstić information content (AvgIpc) is 3.41. The highest BCUT2D eigenvalue weighted by Gasteiger charge is 2.36. The first-order chi connectivity index (χ1) is 15.9. The molecule has 1 aliphatic heterocycles. The van der Waals surface area contributed by atoms with Crippen molar-refractivity contribution in [2.45, 2.75) is 12.8 Å². The second kappa shape index (κ2) is 7.80. The van der Waals surface area contributed by atoms with Crippen molar-refractivity contribution in [2.24, 2.45) is 0 Å². The topological polar surface area (TPSA) is 115 Å². The van der Waals surface area contributed by atoms with Gasteiger partial charge in [0.25, 0.3) is 5.91 Å². The van der Waals surface area contributed by atoms with Gasteiger partial charge in [0.2, 0.25) is 11.7 Å². The van der Waals surface area contributed by atoms with E-state index in [2.05, 4.69) is 20.4 Å². The van der Waals surface area contributed by atoms with Crippen LogP contribution in [0.2, 0.25) is 0 Å². The van der Waals surface area contributed by atoms with E-state index in [0.29, 0.717) is 53.4 Å². The summed E-state index contributed by atoms with van der Waals surface area (Å²) in [5.41, 5.74) is 3.05. The number of likely N-dealkylation sites (tertiary alicyclic amines) is 1. The largest absolute Gasteiger partial charge is 0.453 e. The van der Waals surface area contributed by atoms with E-state index < -0.39 is 0 Å². The first kappa shape index (κ1) is 18.6. The number of hydrogen-bond acceptors (Lipinski definition) is 7. The molecule has 0 atom stereocenters. The zero-order chi connectivity index (χ0) is 23.1. The van der Waals surface area contributed by atoms with E-state index in [1.165, 1.54) is 13.3 Å². The molecule has 0 unspecified atom stereocenters. The van der Waals surface area contributed by atoms with E-state index >= 15 is 0 Å². The molecule has 0 radical (unpaired) electrons. The summed E-state index contributed by atoms with van der Waals surface area (Å²) in [5.74, 6) is 0.492. The average molecular weight is 433 g/mol. The number of anilines is 1. The van der Waals surface area contributed by atoms with Gasteiger partial charge in [0.15, 0.2) is 0 Å². The number of pyridine rings is 1. The first-order valence-corrected chi connectivity index (χ1v) is 9.95. The summed E-state index contributed by atoms with van der Waals surface area (Å²) in [7, 11) is 1.34. The number of benzene rings is 1. The summed E-state index contributed by atoms with van der Waals surface area (Å²) in [6.07, 6.45) is 2.74. The van der Waals surface area contributed by atoms with Gasteiger partial charge in [-0.25, -0.2) is 9.78 Å². The Morgan fingerprint density at radius 2 is 2.16 bits per heavy atom. The standard InChI is InChI=1S/C22H20N6O4/c1-13-6-7-14(19-25-21(32-26-19)15-11-27(12-15)22(30)31-2)9-16(13)24-20(29)17-10-23-18-5-3-4-8-28(17)18/h3-10,15H,11-12H2,1-2H3,(H,24,29)/i3D. The number of amides is 2. The molecule has 1 aromatic carbocycles. The molecule has 0 aliphatic carbocycles. The lowest BCUT2D eigenvalue weighted by molar-refractivity contribution is 0.0804. The van der Waals surface area contributed by atoms with E-state index in [9.17, 15) is 9.59 Å². The maximum Gasteiger partial charge on any atom is 0.409 e. The summed E-state index contributed by atoms with van der Waals surface area (Å²) >= 11 is 0. The van der Waals surface area contributed by atoms with Gasteiger partial charge < -0.3 is 19.5 Å². The third-order valence-electron chi connectivity index (χ3n) is 5.44. The summed E-state index contributed by atoms with van der Waals surface area (Å²) in [6, 6.07) is 9.01. The quantitative estimate of drug-likeness (QED) is 0.526. The van der Waals surface area contributed by atoms with Gasteiger partial charge in [-0.1, -0.05) is 23.3 Å². The van der Waals surface area contributed by atoms with Gasteiger partial charge >= 0.3 is 6.09 Å². The number of ether oxygens (including phenoxy) is 1. The van der Waals surface area contributed by atoms with Gasteiger partial charge in [-0.3, -0.25) is 9.20 Å². The molecule has 10 heteroatoms. The van der Waals surface area contributed by atoms with Crippen LogP contribution in [0.15, 0.2) is 53.3 Å². The van der Waals surface area contributed by atoms with Gasteiger partial charge in [0.05, 0.1) is 20.6 Å². The highest BCUT2D eigenvalue weighted by Crippen LogP contribution is 2.29. The van der Waals surface area contributed by atoms with Crippen molar-refractivity contribution in [3.05, 3.63) is 65.9 Å². The van der Waals surface area contributed by atoms with Crippen LogP contribution in [0.5, 0.6) is 0 Å². The lowest BCUT2D eigenvalue weighted by Crippen LogP contribution is -2.48. The molecule has 1 N–H and O–H groups in total. The molecule has 2 amide bonds. The maximum atomic E-state index is 12.9. The molecule has 1 aliphatic rings. The van der Waals surface area contributed by atoms with Crippen LogP contribution in [0.3, 0.4) is 0 Å². The first-order valence-electron chi connectivity index (χ1n) is 10.5. The number of carbonyl (C=O) groups is 2. The minimum atomic E-state index is -0.379. The van der Waals surface area contributed by atoms with Crippen LogP contribution in [-0.2, 0) is 4.74 Å². The molecule has 1 saturated heterocycles. The zero-order valence-corrected chi connectivity index (χ0v) is 17.4. The predicted molar refractivity (Wildman–Crippen MR) is 114 cm³/mol. The molecular weight excluding hydrogens is 412 g/mol. The van der Waals surface area contributed by atoms with Gasteiger partial charge in [-0.2, -0.15) is 4.98 Å². The number of hydrogen-bond donors (Lipinski definition) is 1. The molecule has 3 aromatic heterocycles. The van der Waals surface area contributed by atoms with Crippen LogP contribution < -0.4 is 5.32 Å². The number of aryl methyl sites for hydroxylation is 1. The number of nitrogens with zero attached hydrogens (tertiary/aromatic N) is 5. The second-order valence-corrected chi connectivity index (χ2v) is 7.51. The van der Waals surface area contributed by atoms with Crippen molar-refractivity contribution in [3.8, 4) is 11.4 Å². The second-order valence-electron chi connectivity index (χ2n) is 7.51. The van der Waals surface area contributed by atoms with Gasteiger partial charge in [-0.05, 0) is 30.7 Å².